The van der Waals surface area contributed by atoms with Crippen LogP contribution in [0.4, 0.5) is 5.69 Å². The van der Waals surface area contributed by atoms with Gasteiger partial charge in [-0.05, 0) is 30.3 Å². The van der Waals surface area contributed by atoms with E-state index in [1.165, 1.54) is 0 Å². The molecule has 0 atom stereocenters. The predicted molar refractivity (Wildman–Crippen MR) is 88.0 cm³/mol. The lowest BCUT2D eigenvalue weighted by molar-refractivity contribution is -0.356. The number of nitrogens with one attached hydrogen (secondary N) is 1. The van der Waals surface area contributed by atoms with Gasteiger partial charge < -0.3 is 14.2 Å². The summed E-state index contributed by atoms with van der Waals surface area (Å²) in [5.41, 5.74) is 1.71. The van der Waals surface area contributed by atoms with Crippen LogP contribution in [0.25, 0.3) is 15.6 Å². The Bertz CT molecular complexity index is 1050. The minimum atomic E-state index is -3.88. The molecule has 1 aliphatic rings. The maximum Gasteiger partial charge on any atom is 0.231 e. The molecule has 2 aromatic carbocycles. The summed E-state index contributed by atoms with van der Waals surface area (Å²) in [5, 5.41) is 0.808. The van der Waals surface area contributed by atoms with Crippen molar-refractivity contribution >= 4 is 26.6 Å². The second-order valence-corrected chi connectivity index (χ2v) is 7.04. The van der Waals surface area contributed by atoms with E-state index in [2.05, 4.69) is 9.71 Å². The van der Waals surface area contributed by atoms with E-state index in [9.17, 15) is 8.42 Å². The molecule has 2 heterocycles. The second-order valence-electron chi connectivity index (χ2n) is 5.47. The number of rotatable bonds is 3. The van der Waals surface area contributed by atoms with Crippen molar-refractivity contribution in [3.05, 3.63) is 58.9 Å². The van der Waals surface area contributed by atoms with Gasteiger partial charge in [0.05, 0.1) is 0 Å². The summed E-state index contributed by atoms with van der Waals surface area (Å²) in [6, 6.07) is 13.7. The Balaban J connectivity index is 1.77. The molecule has 7 heteroatoms. The summed E-state index contributed by atoms with van der Waals surface area (Å²) in [4.78, 5) is 3.25. The molecule has 1 aromatic heterocycles. The molecule has 0 radical (unpaired) electrons. The number of sulfonamides is 1. The number of ether oxygens (including phenoxy) is 2. The van der Waals surface area contributed by atoms with Crippen molar-refractivity contribution in [2.75, 3.05) is 6.79 Å². The fourth-order valence-electron chi connectivity index (χ4n) is 2.62. The monoisotopic (exact) mass is 342 g/mol. The van der Waals surface area contributed by atoms with Crippen LogP contribution < -0.4 is 14.5 Å². The Hall–Kier alpha value is -2.80. The fourth-order valence-corrected chi connectivity index (χ4v) is 3.79. The first-order chi connectivity index (χ1) is 11.5. The first-order valence-electron chi connectivity index (χ1n) is 7.32. The number of nitrogens with zero attached hydrogens (tertiary/aromatic N) is 1. The van der Waals surface area contributed by atoms with Gasteiger partial charge in [0, 0.05) is 18.4 Å². The van der Waals surface area contributed by atoms with Gasteiger partial charge in [0.2, 0.25) is 12.3 Å². The topological polar surface area (TPSA) is 80.8 Å². The number of benzene rings is 2. The van der Waals surface area contributed by atoms with Gasteiger partial charge in [0.25, 0.3) is 0 Å². The van der Waals surface area contributed by atoms with E-state index >= 15 is 0 Å². The summed E-state index contributed by atoms with van der Waals surface area (Å²) >= 11 is 0. The molecule has 6 nitrogen and oxygen atoms in total. The molecule has 1 aliphatic heterocycles. The first-order valence-corrected chi connectivity index (χ1v) is 8.76. The van der Waals surface area contributed by atoms with Crippen LogP contribution in [0.2, 0.25) is 0 Å². The minimum Gasteiger partial charge on any atom is -0.572 e. The number of hydrogen-bond acceptors (Lipinski definition) is 4. The van der Waals surface area contributed by atoms with Crippen LogP contribution in [0.3, 0.4) is 0 Å². The Morgan fingerprint density at radius 2 is 1.88 bits per heavy atom. The first kappa shape index (κ1) is 14.8. The summed E-state index contributed by atoms with van der Waals surface area (Å²) in [7, 11) is -3.88. The molecule has 0 spiro atoms. The van der Waals surface area contributed by atoms with Gasteiger partial charge in [-0.25, -0.2) is 13.4 Å². The Morgan fingerprint density at radius 3 is 2.75 bits per heavy atom. The van der Waals surface area contributed by atoms with Crippen LogP contribution >= 0.6 is 0 Å². The minimum absolute atomic E-state index is 0.128. The highest BCUT2D eigenvalue weighted by molar-refractivity contribution is 7.94. The molecule has 0 saturated heterocycles. The standard InChI is InChI=1S/C17H13N2O4S/c1-11-5-6-12-3-2-4-16(17(12)18-11)24(20,21)19-13-7-8-14-15(9-13)23-10-22-14/h2-9H,10H2,1H3/q-1/p+1. The SMILES string of the molecule is Cc1ccc2cccc(S(=O)(=O)[N-]c3ccc4c(c3)OCO4)c2[nH+]1. The van der Waals surface area contributed by atoms with E-state index in [4.69, 9.17) is 9.47 Å². The molecule has 0 saturated carbocycles. The number of H-pyrrole nitrogens is 1. The zero-order valence-electron chi connectivity index (χ0n) is 12.8. The van der Waals surface area contributed by atoms with Crippen molar-refractivity contribution in [3.63, 3.8) is 0 Å². The lowest BCUT2D eigenvalue weighted by Gasteiger charge is -2.21. The number of aromatic amines is 1. The molecule has 0 amide bonds. The number of hydrogen-bond donors (Lipinski definition) is 0. The van der Waals surface area contributed by atoms with E-state index in [1.54, 1.807) is 30.3 Å². The summed E-state index contributed by atoms with van der Waals surface area (Å²) in [6.45, 7) is 2.00. The molecule has 3 aromatic rings. The van der Waals surface area contributed by atoms with Crippen LogP contribution in [0.5, 0.6) is 11.5 Å². The Labute approximate surface area is 139 Å². The van der Waals surface area contributed by atoms with Gasteiger partial charge in [-0.1, -0.05) is 12.1 Å². The number of pyridine rings is 1. The van der Waals surface area contributed by atoms with Crippen molar-refractivity contribution < 1.29 is 22.9 Å². The van der Waals surface area contributed by atoms with E-state index in [0.717, 1.165) is 11.1 Å². The van der Waals surface area contributed by atoms with E-state index in [0.29, 0.717) is 22.7 Å². The van der Waals surface area contributed by atoms with Crippen molar-refractivity contribution in [2.24, 2.45) is 0 Å². The molecule has 0 bridgehead atoms. The van der Waals surface area contributed by atoms with Gasteiger partial charge in [-0.2, -0.15) is 0 Å². The number of aryl methyl sites for hydroxylation is 1. The predicted octanol–water partition coefficient (Wildman–Crippen LogP) is 3.09. The van der Waals surface area contributed by atoms with Crippen LogP contribution in [0, 0.1) is 6.92 Å². The average Bonchev–Trinajstić information content (AvgIpc) is 3.01. The molecular formula is C17H14N2O4S. The molecule has 24 heavy (non-hydrogen) atoms. The highest BCUT2D eigenvalue weighted by Gasteiger charge is 2.17. The van der Waals surface area contributed by atoms with Gasteiger partial charge in [-0.15, -0.1) is 5.69 Å². The Morgan fingerprint density at radius 1 is 1.04 bits per heavy atom. The third-order valence-electron chi connectivity index (χ3n) is 3.75. The van der Waals surface area contributed by atoms with E-state index in [1.807, 2.05) is 25.1 Å². The molecule has 0 aliphatic carbocycles. The second kappa shape index (κ2) is 5.38. The summed E-state index contributed by atoms with van der Waals surface area (Å²) in [6.07, 6.45) is 0. The molecule has 0 unspecified atom stereocenters. The highest BCUT2D eigenvalue weighted by Crippen LogP contribution is 2.39. The smallest absolute Gasteiger partial charge is 0.231 e. The summed E-state index contributed by atoms with van der Waals surface area (Å²) in [5.74, 6) is 1.08. The number of para-hydroxylation sites is 1. The number of fused-ring (bicyclic) bond motifs is 2. The van der Waals surface area contributed by atoms with E-state index < -0.39 is 10.0 Å². The van der Waals surface area contributed by atoms with Crippen LogP contribution in [0.15, 0.2) is 53.4 Å². The van der Waals surface area contributed by atoms with Crippen molar-refractivity contribution in [1.29, 1.82) is 0 Å². The zero-order valence-corrected chi connectivity index (χ0v) is 13.6. The maximum atomic E-state index is 12.8. The molecule has 122 valence electrons. The van der Waals surface area contributed by atoms with Crippen molar-refractivity contribution in [2.45, 2.75) is 11.8 Å². The van der Waals surface area contributed by atoms with Crippen LogP contribution in [0.1, 0.15) is 5.69 Å². The maximum absolute atomic E-state index is 12.8. The van der Waals surface area contributed by atoms with Crippen LogP contribution in [-0.2, 0) is 10.0 Å². The van der Waals surface area contributed by atoms with E-state index in [-0.39, 0.29) is 11.7 Å². The third-order valence-corrected chi connectivity index (χ3v) is 5.10. The summed E-state index contributed by atoms with van der Waals surface area (Å²) < 4.78 is 40.0. The van der Waals surface area contributed by atoms with Gasteiger partial charge >= 0.3 is 0 Å². The third kappa shape index (κ3) is 2.52. The quantitative estimate of drug-likeness (QED) is 0.732. The fraction of sp³-hybridized carbons (Fsp3) is 0.118. The normalized spacial score (nSPS) is 13.2. The average molecular weight is 342 g/mol. The Kier molecular flexibility index (Phi) is 3.31. The molecule has 0 fully saturated rings. The van der Waals surface area contributed by atoms with Crippen LogP contribution in [-0.4, -0.2) is 15.2 Å². The zero-order chi connectivity index (χ0) is 16.7. The lowest BCUT2D eigenvalue weighted by atomic mass is 10.2. The van der Waals surface area contributed by atoms with Gasteiger partial charge in [0.1, 0.15) is 14.9 Å². The van der Waals surface area contributed by atoms with Crippen molar-refractivity contribution in [3.8, 4) is 11.5 Å². The van der Waals surface area contributed by atoms with Crippen molar-refractivity contribution in [1.82, 2.24) is 0 Å². The number of aromatic nitrogens is 1. The molecular weight excluding hydrogens is 328 g/mol. The highest BCUT2D eigenvalue weighted by atomic mass is 32.2. The molecule has 1 N–H and O–H groups in total. The largest absolute Gasteiger partial charge is 0.572 e. The van der Waals surface area contributed by atoms with Gasteiger partial charge in [0.15, 0.2) is 17.2 Å². The molecule has 4 rings (SSSR count). The van der Waals surface area contributed by atoms with Gasteiger partial charge in [-0.3, -0.25) is 0 Å². The lowest BCUT2D eigenvalue weighted by Crippen LogP contribution is -2.12.